The number of ether oxygens (including phenoxy) is 1. The molecule has 0 saturated heterocycles. The van der Waals surface area contributed by atoms with Crippen LogP contribution < -0.4 is 5.32 Å². The van der Waals surface area contributed by atoms with Gasteiger partial charge in [0.1, 0.15) is 0 Å². The third-order valence-corrected chi connectivity index (χ3v) is 3.58. The maximum atomic E-state index is 12.2. The Hall–Kier alpha value is -2.62. The van der Waals surface area contributed by atoms with Crippen molar-refractivity contribution in [3.8, 4) is 0 Å². The molecule has 23 heavy (non-hydrogen) atoms. The van der Waals surface area contributed by atoms with Crippen molar-refractivity contribution in [3.63, 3.8) is 0 Å². The molecule has 1 unspecified atom stereocenters. The highest BCUT2D eigenvalue weighted by Gasteiger charge is 2.19. The first-order valence-corrected chi connectivity index (χ1v) is 7.57. The molecule has 2 rings (SSSR count). The van der Waals surface area contributed by atoms with Gasteiger partial charge in [0.25, 0.3) is 5.91 Å². The van der Waals surface area contributed by atoms with Crippen molar-refractivity contribution in [2.75, 3.05) is 0 Å². The van der Waals surface area contributed by atoms with Gasteiger partial charge in [0.15, 0.2) is 6.10 Å². The highest BCUT2D eigenvalue weighted by Crippen LogP contribution is 2.13. The van der Waals surface area contributed by atoms with Gasteiger partial charge in [-0.1, -0.05) is 48.0 Å². The number of aryl methyl sites for hydroxylation is 2. The smallest absolute Gasteiger partial charge is 0.339 e. The van der Waals surface area contributed by atoms with Crippen LogP contribution in [0.5, 0.6) is 0 Å². The van der Waals surface area contributed by atoms with Gasteiger partial charge in [-0.2, -0.15) is 0 Å². The van der Waals surface area contributed by atoms with E-state index in [0.29, 0.717) is 12.1 Å². The first-order valence-electron chi connectivity index (χ1n) is 7.57. The number of carbonyl (C=O) groups excluding carboxylic acids is 2. The third-order valence-electron chi connectivity index (χ3n) is 3.58. The van der Waals surface area contributed by atoms with Gasteiger partial charge in [-0.15, -0.1) is 0 Å². The van der Waals surface area contributed by atoms with Crippen LogP contribution in [-0.4, -0.2) is 18.0 Å². The van der Waals surface area contributed by atoms with Crippen LogP contribution in [0.4, 0.5) is 0 Å². The van der Waals surface area contributed by atoms with Crippen molar-refractivity contribution in [1.29, 1.82) is 0 Å². The van der Waals surface area contributed by atoms with Crippen LogP contribution in [0.15, 0.2) is 48.5 Å². The molecule has 0 radical (unpaired) electrons. The van der Waals surface area contributed by atoms with Gasteiger partial charge in [0.2, 0.25) is 0 Å². The maximum absolute atomic E-state index is 12.2. The summed E-state index contributed by atoms with van der Waals surface area (Å²) < 4.78 is 5.27. The normalized spacial score (nSPS) is 11.6. The zero-order valence-corrected chi connectivity index (χ0v) is 13.6. The van der Waals surface area contributed by atoms with Gasteiger partial charge in [0, 0.05) is 6.54 Å². The SMILES string of the molecule is Cc1ccc(C)c(C(=O)OC(C)C(=O)NCc2ccccc2)c1. The van der Waals surface area contributed by atoms with E-state index >= 15 is 0 Å². The minimum atomic E-state index is -0.842. The second kappa shape index (κ2) is 7.58. The van der Waals surface area contributed by atoms with E-state index in [9.17, 15) is 9.59 Å². The second-order valence-electron chi connectivity index (χ2n) is 5.57. The molecule has 4 nitrogen and oxygen atoms in total. The van der Waals surface area contributed by atoms with E-state index in [4.69, 9.17) is 4.74 Å². The van der Waals surface area contributed by atoms with Gasteiger partial charge < -0.3 is 10.1 Å². The van der Waals surface area contributed by atoms with Gasteiger partial charge in [0.05, 0.1) is 5.56 Å². The minimum absolute atomic E-state index is 0.312. The number of nitrogens with one attached hydrogen (secondary N) is 1. The number of carbonyl (C=O) groups is 2. The van der Waals surface area contributed by atoms with Crippen LogP contribution in [0.2, 0.25) is 0 Å². The molecule has 2 aromatic rings. The number of hydrogen-bond acceptors (Lipinski definition) is 3. The average Bonchev–Trinajstić information content (AvgIpc) is 2.55. The summed E-state index contributed by atoms with van der Waals surface area (Å²) in [6.45, 7) is 5.73. The zero-order valence-electron chi connectivity index (χ0n) is 13.6. The van der Waals surface area contributed by atoms with Gasteiger partial charge in [-0.3, -0.25) is 4.79 Å². The molecule has 0 heterocycles. The topological polar surface area (TPSA) is 55.4 Å². The molecular formula is C19H21NO3. The van der Waals surface area contributed by atoms with Gasteiger partial charge >= 0.3 is 5.97 Å². The lowest BCUT2D eigenvalue weighted by Gasteiger charge is -2.14. The Labute approximate surface area is 136 Å². The molecule has 1 atom stereocenters. The fourth-order valence-electron chi connectivity index (χ4n) is 2.16. The number of hydrogen-bond donors (Lipinski definition) is 1. The molecule has 2 aromatic carbocycles. The summed E-state index contributed by atoms with van der Waals surface area (Å²) in [4.78, 5) is 24.3. The number of rotatable bonds is 5. The van der Waals surface area contributed by atoms with E-state index in [2.05, 4.69) is 5.32 Å². The largest absolute Gasteiger partial charge is 0.449 e. The molecule has 0 aromatic heterocycles. The van der Waals surface area contributed by atoms with E-state index in [0.717, 1.165) is 16.7 Å². The Morgan fingerprint density at radius 1 is 1.09 bits per heavy atom. The molecule has 1 N–H and O–H groups in total. The van der Waals surface area contributed by atoms with Crippen LogP contribution in [0.3, 0.4) is 0 Å². The molecule has 0 aliphatic heterocycles. The Morgan fingerprint density at radius 3 is 2.48 bits per heavy atom. The third kappa shape index (κ3) is 4.68. The second-order valence-corrected chi connectivity index (χ2v) is 5.57. The molecule has 120 valence electrons. The summed E-state index contributed by atoms with van der Waals surface area (Å²) in [7, 11) is 0. The molecule has 4 heteroatoms. The minimum Gasteiger partial charge on any atom is -0.449 e. The lowest BCUT2D eigenvalue weighted by molar-refractivity contribution is -0.129. The quantitative estimate of drug-likeness (QED) is 0.863. The van der Waals surface area contributed by atoms with Crippen molar-refractivity contribution in [2.24, 2.45) is 0 Å². The monoisotopic (exact) mass is 311 g/mol. The Balaban J connectivity index is 1.92. The van der Waals surface area contributed by atoms with Crippen molar-refractivity contribution >= 4 is 11.9 Å². The van der Waals surface area contributed by atoms with Crippen LogP contribution in [0, 0.1) is 13.8 Å². The molecular weight excluding hydrogens is 290 g/mol. The number of esters is 1. The van der Waals surface area contributed by atoms with Crippen LogP contribution in [0.1, 0.15) is 34.0 Å². The van der Waals surface area contributed by atoms with E-state index in [1.807, 2.05) is 56.3 Å². The Bertz CT molecular complexity index is 695. The highest BCUT2D eigenvalue weighted by atomic mass is 16.5. The number of benzene rings is 2. The maximum Gasteiger partial charge on any atom is 0.339 e. The lowest BCUT2D eigenvalue weighted by atomic mass is 10.1. The summed E-state index contributed by atoms with van der Waals surface area (Å²) in [6.07, 6.45) is -0.842. The number of amides is 1. The van der Waals surface area contributed by atoms with Crippen molar-refractivity contribution in [2.45, 2.75) is 33.4 Å². The van der Waals surface area contributed by atoms with Gasteiger partial charge in [-0.25, -0.2) is 4.79 Å². The summed E-state index contributed by atoms with van der Waals surface area (Å²) in [5.74, 6) is -0.791. The van der Waals surface area contributed by atoms with E-state index < -0.39 is 12.1 Å². The standard InChI is InChI=1S/C19H21NO3/c1-13-9-10-14(2)17(11-13)19(22)23-15(3)18(21)20-12-16-7-5-4-6-8-16/h4-11,15H,12H2,1-3H3,(H,20,21). The van der Waals surface area contributed by atoms with E-state index in [-0.39, 0.29) is 5.91 Å². The summed E-state index contributed by atoms with van der Waals surface area (Å²) in [5.41, 5.74) is 3.29. The summed E-state index contributed by atoms with van der Waals surface area (Å²) in [5, 5.41) is 2.77. The van der Waals surface area contributed by atoms with Crippen LogP contribution >= 0.6 is 0 Å². The predicted molar refractivity (Wildman–Crippen MR) is 89.1 cm³/mol. The Kier molecular flexibility index (Phi) is 5.52. The van der Waals surface area contributed by atoms with Crippen molar-refractivity contribution in [3.05, 3.63) is 70.8 Å². The van der Waals surface area contributed by atoms with Crippen molar-refractivity contribution in [1.82, 2.24) is 5.32 Å². The molecule has 0 fully saturated rings. The molecule has 1 amide bonds. The van der Waals surface area contributed by atoms with E-state index in [1.165, 1.54) is 0 Å². The Morgan fingerprint density at radius 2 is 1.78 bits per heavy atom. The molecule has 0 aliphatic rings. The molecule has 0 saturated carbocycles. The molecule has 0 aliphatic carbocycles. The van der Waals surface area contributed by atoms with Crippen LogP contribution in [0.25, 0.3) is 0 Å². The first-order chi connectivity index (χ1) is 11.0. The van der Waals surface area contributed by atoms with Crippen LogP contribution in [-0.2, 0) is 16.1 Å². The molecule has 0 spiro atoms. The fraction of sp³-hybridized carbons (Fsp3) is 0.263. The highest BCUT2D eigenvalue weighted by molar-refractivity contribution is 5.93. The van der Waals surface area contributed by atoms with E-state index in [1.54, 1.807) is 13.0 Å². The predicted octanol–water partition coefficient (Wildman–Crippen LogP) is 3.17. The average molecular weight is 311 g/mol. The van der Waals surface area contributed by atoms with Gasteiger partial charge in [-0.05, 0) is 38.0 Å². The van der Waals surface area contributed by atoms with Crippen molar-refractivity contribution < 1.29 is 14.3 Å². The summed E-state index contributed by atoms with van der Waals surface area (Å²) in [6, 6.07) is 15.2. The fourth-order valence-corrected chi connectivity index (χ4v) is 2.16. The molecule has 0 bridgehead atoms. The first kappa shape index (κ1) is 16.7. The summed E-state index contributed by atoms with van der Waals surface area (Å²) >= 11 is 0. The zero-order chi connectivity index (χ0) is 16.8. The lowest BCUT2D eigenvalue weighted by Crippen LogP contribution is -2.35.